The molecule has 1 unspecified atom stereocenters. The van der Waals surface area contributed by atoms with E-state index in [0.29, 0.717) is 25.9 Å². The number of hydrogen-bond donors (Lipinski definition) is 1. The van der Waals surface area contributed by atoms with Crippen molar-refractivity contribution < 1.29 is 14.0 Å². The van der Waals surface area contributed by atoms with Gasteiger partial charge in [0.05, 0.1) is 11.6 Å². The third kappa shape index (κ3) is 2.64. The highest BCUT2D eigenvalue weighted by atomic mass is 19.1. The summed E-state index contributed by atoms with van der Waals surface area (Å²) in [6, 6.07) is 2.55. The van der Waals surface area contributed by atoms with Crippen LogP contribution < -0.4 is 5.73 Å². The lowest BCUT2D eigenvalue weighted by Crippen LogP contribution is -2.52. The van der Waals surface area contributed by atoms with Crippen LogP contribution in [0, 0.1) is 11.2 Å². The van der Waals surface area contributed by atoms with Gasteiger partial charge in [-0.05, 0) is 31.4 Å². The molecule has 0 saturated carbocycles. The van der Waals surface area contributed by atoms with Gasteiger partial charge in [0.25, 0.3) is 5.91 Å². The maximum absolute atomic E-state index is 12.8. The van der Waals surface area contributed by atoms with Crippen molar-refractivity contribution in [3.63, 3.8) is 0 Å². The molecule has 2 heterocycles. The zero-order chi connectivity index (χ0) is 14.8. The number of carbonyl (C=O) groups excluding carboxylic acids is 2. The summed E-state index contributed by atoms with van der Waals surface area (Å²) in [7, 11) is 0. The van der Waals surface area contributed by atoms with Crippen LogP contribution in [0.1, 0.15) is 36.7 Å². The number of likely N-dealkylation sites (tertiary alicyclic amines) is 1. The lowest BCUT2D eigenvalue weighted by atomic mass is 9.77. The third-order valence-corrected chi connectivity index (χ3v) is 4.01. The van der Waals surface area contributed by atoms with Crippen molar-refractivity contribution in [3.8, 4) is 0 Å². The molecular weight excluding hydrogens is 261 g/mol. The number of hydrogen-bond acceptors (Lipinski definition) is 3. The topological polar surface area (TPSA) is 76.3 Å². The summed E-state index contributed by atoms with van der Waals surface area (Å²) < 4.78 is 12.8. The second-order valence-corrected chi connectivity index (χ2v) is 5.19. The van der Waals surface area contributed by atoms with E-state index in [1.54, 1.807) is 4.90 Å². The summed E-state index contributed by atoms with van der Waals surface area (Å²) >= 11 is 0. The molecule has 108 valence electrons. The van der Waals surface area contributed by atoms with Gasteiger partial charge in [0.1, 0.15) is 11.5 Å². The number of pyridine rings is 1. The first kappa shape index (κ1) is 14.4. The summed E-state index contributed by atoms with van der Waals surface area (Å²) in [6.45, 7) is 2.76. The molecule has 1 aromatic heterocycles. The monoisotopic (exact) mass is 279 g/mol. The number of halogens is 1. The molecule has 0 radical (unpaired) electrons. The average molecular weight is 279 g/mol. The largest absolute Gasteiger partial charge is 0.369 e. The summed E-state index contributed by atoms with van der Waals surface area (Å²) in [5.74, 6) is -1.14. The fourth-order valence-electron chi connectivity index (χ4n) is 2.63. The molecule has 1 saturated heterocycles. The lowest BCUT2D eigenvalue weighted by molar-refractivity contribution is -0.130. The third-order valence-electron chi connectivity index (χ3n) is 4.01. The lowest BCUT2D eigenvalue weighted by Gasteiger charge is -2.40. The molecule has 0 aliphatic carbocycles. The van der Waals surface area contributed by atoms with E-state index >= 15 is 0 Å². The van der Waals surface area contributed by atoms with Gasteiger partial charge >= 0.3 is 0 Å². The molecule has 1 aromatic rings. The predicted molar refractivity (Wildman–Crippen MR) is 71.3 cm³/mol. The highest BCUT2D eigenvalue weighted by Gasteiger charge is 2.40. The quantitative estimate of drug-likeness (QED) is 0.907. The van der Waals surface area contributed by atoms with E-state index in [9.17, 15) is 14.0 Å². The van der Waals surface area contributed by atoms with Crippen molar-refractivity contribution in [2.24, 2.45) is 11.1 Å². The number of primary amides is 1. The van der Waals surface area contributed by atoms with Gasteiger partial charge in [0.15, 0.2) is 0 Å². The van der Waals surface area contributed by atoms with E-state index in [4.69, 9.17) is 5.73 Å². The SMILES string of the molecule is CCC1(C(N)=O)CCCN(C(=O)c2ccc(F)cn2)C1. The first-order valence-electron chi connectivity index (χ1n) is 6.69. The molecule has 0 bridgehead atoms. The smallest absolute Gasteiger partial charge is 0.272 e. The van der Waals surface area contributed by atoms with Crippen LogP contribution in [0.25, 0.3) is 0 Å². The highest BCUT2D eigenvalue weighted by Crippen LogP contribution is 2.33. The van der Waals surface area contributed by atoms with E-state index in [1.807, 2.05) is 6.92 Å². The predicted octanol–water partition coefficient (Wildman–Crippen LogP) is 1.34. The number of amides is 2. The molecule has 2 amide bonds. The van der Waals surface area contributed by atoms with Crippen molar-refractivity contribution in [1.82, 2.24) is 9.88 Å². The van der Waals surface area contributed by atoms with Crippen LogP contribution in [0.3, 0.4) is 0 Å². The molecule has 1 fully saturated rings. The van der Waals surface area contributed by atoms with E-state index in [2.05, 4.69) is 4.98 Å². The average Bonchev–Trinajstić information content (AvgIpc) is 2.47. The molecule has 1 aliphatic heterocycles. The van der Waals surface area contributed by atoms with Crippen LogP contribution in [0.15, 0.2) is 18.3 Å². The Morgan fingerprint density at radius 3 is 2.80 bits per heavy atom. The van der Waals surface area contributed by atoms with Gasteiger partial charge in [-0.3, -0.25) is 9.59 Å². The second-order valence-electron chi connectivity index (χ2n) is 5.19. The normalized spacial score (nSPS) is 22.6. The first-order valence-corrected chi connectivity index (χ1v) is 6.69. The standard InChI is InChI=1S/C14H18FN3O2/c1-2-14(13(16)20)6-3-7-18(9-14)12(19)11-5-4-10(15)8-17-11/h4-5,8H,2-3,6-7,9H2,1H3,(H2,16,20). The number of nitrogens with two attached hydrogens (primary N) is 1. The minimum atomic E-state index is -0.659. The van der Waals surface area contributed by atoms with E-state index in [0.717, 1.165) is 12.6 Å². The first-order chi connectivity index (χ1) is 9.48. The molecule has 5 nitrogen and oxygen atoms in total. The Morgan fingerprint density at radius 2 is 2.25 bits per heavy atom. The fourth-order valence-corrected chi connectivity index (χ4v) is 2.63. The molecule has 2 rings (SSSR count). The second kappa shape index (κ2) is 5.56. The van der Waals surface area contributed by atoms with Gasteiger partial charge < -0.3 is 10.6 Å². The number of rotatable bonds is 3. The van der Waals surface area contributed by atoms with Crippen LogP contribution in [0.5, 0.6) is 0 Å². The summed E-state index contributed by atoms with van der Waals surface area (Å²) in [5, 5.41) is 0. The fraction of sp³-hybridized carbons (Fsp3) is 0.500. The Balaban J connectivity index is 2.18. The Bertz CT molecular complexity index is 518. The zero-order valence-corrected chi connectivity index (χ0v) is 11.4. The molecule has 0 aromatic carbocycles. The summed E-state index contributed by atoms with van der Waals surface area (Å²) in [5.41, 5.74) is 5.02. The Labute approximate surface area is 117 Å². The maximum Gasteiger partial charge on any atom is 0.272 e. The molecule has 6 heteroatoms. The zero-order valence-electron chi connectivity index (χ0n) is 11.4. The van der Waals surface area contributed by atoms with Gasteiger partial charge in [-0.1, -0.05) is 6.92 Å². The van der Waals surface area contributed by atoms with E-state index < -0.39 is 11.2 Å². The van der Waals surface area contributed by atoms with Crippen molar-refractivity contribution in [2.45, 2.75) is 26.2 Å². The van der Waals surface area contributed by atoms with Crippen molar-refractivity contribution >= 4 is 11.8 Å². The number of aromatic nitrogens is 1. The van der Waals surface area contributed by atoms with Crippen molar-refractivity contribution in [3.05, 3.63) is 29.8 Å². The van der Waals surface area contributed by atoms with Crippen LogP contribution in [0.2, 0.25) is 0 Å². The van der Waals surface area contributed by atoms with Crippen LogP contribution in [0.4, 0.5) is 4.39 Å². The molecular formula is C14H18FN3O2. The van der Waals surface area contributed by atoms with Crippen molar-refractivity contribution in [1.29, 1.82) is 0 Å². The molecule has 2 N–H and O–H groups in total. The van der Waals surface area contributed by atoms with Gasteiger partial charge in [-0.15, -0.1) is 0 Å². The summed E-state index contributed by atoms with van der Waals surface area (Å²) in [4.78, 5) is 29.4. The molecule has 0 spiro atoms. The van der Waals surface area contributed by atoms with E-state index in [-0.39, 0.29) is 17.5 Å². The van der Waals surface area contributed by atoms with Crippen LogP contribution in [-0.4, -0.2) is 34.8 Å². The highest BCUT2D eigenvalue weighted by molar-refractivity contribution is 5.93. The number of nitrogens with zero attached hydrogens (tertiary/aromatic N) is 2. The Kier molecular flexibility index (Phi) is 4.01. The van der Waals surface area contributed by atoms with Crippen molar-refractivity contribution in [2.75, 3.05) is 13.1 Å². The van der Waals surface area contributed by atoms with Gasteiger partial charge in [-0.25, -0.2) is 9.37 Å². The molecule has 1 aliphatic rings. The van der Waals surface area contributed by atoms with E-state index in [1.165, 1.54) is 12.1 Å². The minimum absolute atomic E-state index is 0.183. The van der Waals surface area contributed by atoms with Crippen LogP contribution in [-0.2, 0) is 4.79 Å². The Hall–Kier alpha value is -1.98. The number of piperidine rings is 1. The Morgan fingerprint density at radius 1 is 1.50 bits per heavy atom. The van der Waals surface area contributed by atoms with Gasteiger partial charge in [-0.2, -0.15) is 0 Å². The maximum atomic E-state index is 12.8. The summed E-state index contributed by atoms with van der Waals surface area (Å²) in [6.07, 6.45) is 3.03. The minimum Gasteiger partial charge on any atom is -0.369 e. The molecule has 1 atom stereocenters. The molecule has 20 heavy (non-hydrogen) atoms. The number of carbonyl (C=O) groups is 2. The van der Waals surface area contributed by atoms with Gasteiger partial charge in [0, 0.05) is 13.1 Å². The van der Waals surface area contributed by atoms with Gasteiger partial charge in [0.2, 0.25) is 5.91 Å². The van der Waals surface area contributed by atoms with Crippen LogP contribution >= 0.6 is 0 Å².